The van der Waals surface area contributed by atoms with Crippen LogP contribution in [0.1, 0.15) is 49.9 Å². The van der Waals surface area contributed by atoms with Gasteiger partial charge in [0.05, 0.1) is 0 Å². The van der Waals surface area contributed by atoms with Crippen LogP contribution >= 0.6 is 0 Å². The molecule has 8 aromatic rings. The Labute approximate surface area is 259 Å². The van der Waals surface area contributed by atoms with Crippen molar-refractivity contribution in [2.24, 2.45) is 0 Å². The second kappa shape index (κ2) is 11.1. The summed E-state index contributed by atoms with van der Waals surface area (Å²) in [6.07, 6.45) is 0. The SMILES string of the molecule is C(#Cc1ccccc1)c1ccccc1.CC.CC1(C)c2ccccc2-c2c1cc1oc3cccc4c5ccccc5c2c1c34. The first kappa shape index (κ1) is 27.5. The van der Waals surface area contributed by atoms with Gasteiger partial charge in [-0.1, -0.05) is 137 Å². The highest BCUT2D eigenvalue weighted by molar-refractivity contribution is 6.36. The molecule has 0 spiro atoms. The van der Waals surface area contributed by atoms with E-state index in [1.165, 1.54) is 54.6 Å². The summed E-state index contributed by atoms with van der Waals surface area (Å²) in [4.78, 5) is 0. The fraction of sp³-hybridized carbons (Fsp3) is 0.116. The van der Waals surface area contributed by atoms with Crippen molar-refractivity contribution in [3.05, 3.63) is 156 Å². The van der Waals surface area contributed by atoms with E-state index in [4.69, 9.17) is 4.42 Å². The second-order valence-electron chi connectivity index (χ2n) is 11.5. The van der Waals surface area contributed by atoms with Gasteiger partial charge in [0.25, 0.3) is 0 Å². The molecule has 1 aliphatic carbocycles. The monoisotopic (exact) mass is 566 g/mol. The van der Waals surface area contributed by atoms with Crippen molar-refractivity contribution < 1.29 is 4.42 Å². The maximum atomic E-state index is 6.40. The quantitative estimate of drug-likeness (QED) is 0.131. The van der Waals surface area contributed by atoms with Crippen LogP contribution in [0.15, 0.2) is 138 Å². The van der Waals surface area contributed by atoms with Gasteiger partial charge in [0, 0.05) is 32.7 Å². The lowest BCUT2D eigenvalue weighted by molar-refractivity contribution is 0.648. The Morgan fingerprint density at radius 3 is 1.70 bits per heavy atom. The van der Waals surface area contributed by atoms with Gasteiger partial charge in [0.2, 0.25) is 0 Å². The van der Waals surface area contributed by atoms with Crippen LogP contribution in [-0.2, 0) is 5.41 Å². The molecular weight excluding hydrogens is 532 g/mol. The van der Waals surface area contributed by atoms with Gasteiger partial charge >= 0.3 is 0 Å². The summed E-state index contributed by atoms with van der Waals surface area (Å²) >= 11 is 0. The van der Waals surface area contributed by atoms with Crippen LogP contribution in [0.25, 0.3) is 54.6 Å². The molecule has 0 aliphatic heterocycles. The highest BCUT2D eigenvalue weighted by Crippen LogP contribution is 2.55. The number of hydrogen-bond acceptors (Lipinski definition) is 1. The molecule has 0 N–H and O–H groups in total. The van der Waals surface area contributed by atoms with Crippen LogP contribution < -0.4 is 0 Å². The summed E-state index contributed by atoms with van der Waals surface area (Å²) in [6.45, 7) is 8.66. The maximum Gasteiger partial charge on any atom is 0.136 e. The Bertz CT molecular complexity index is 2270. The van der Waals surface area contributed by atoms with E-state index in [9.17, 15) is 0 Å². The molecule has 0 bridgehead atoms. The Hall–Kier alpha value is -5.32. The third-order valence-electron chi connectivity index (χ3n) is 8.72. The smallest absolute Gasteiger partial charge is 0.136 e. The summed E-state index contributed by atoms with van der Waals surface area (Å²) in [6, 6.07) is 46.4. The normalized spacial score (nSPS) is 12.5. The molecule has 0 amide bonds. The van der Waals surface area contributed by atoms with Gasteiger partial charge in [-0.15, -0.1) is 0 Å². The van der Waals surface area contributed by atoms with Crippen molar-refractivity contribution in [3.63, 3.8) is 0 Å². The molecule has 0 saturated carbocycles. The average Bonchev–Trinajstić information content (AvgIpc) is 3.57. The van der Waals surface area contributed by atoms with Crippen LogP contribution in [0, 0.1) is 11.8 Å². The maximum absolute atomic E-state index is 6.40. The van der Waals surface area contributed by atoms with Gasteiger partial charge in [-0.3, -0.25) is 0 Å². The van der Waals surface area contributed by atoms with Gasteiger partial charge < -0.3 is 4.42 Å². The minimum absolute atomic E-state index is 0.0369. The van der Waals surface area contributed by atoms with Crippen molar-refractivity contribution in [2.45, 2.75) is 33.1 Å². The first-order valence-electron chi connectivity index (χ1n) is 15.5. The lowest BCUT2D eigenvalue weighted by Gasteiger charge is -2.21. The molecule has 9 rings (SSSR count). The summed E-state index contributed by atoms with van der Waals surface area (Å²) in [7, 11) is 0. The molecule has 1 heterocycles. The predicted molar refractivity (Wildman–Crippen MR) is 188 cm³/mol. The molecule has 0 unspecified atom stereocenters. The Morgan fingerprint density at radius 1 is 0.477 bits per heavy atom. The van der Waals surface area contributed by atoms with Crippen molar-refractivity contribution in [1.29, 1.82) is 0 Å². The first-order chi connectivity index (χ1) is 21.6. The van der Waals surface area contributed by atoms with Gasteiger partial charge in [0.1, 0.15) is 11.2 Å². The largest absolute Gasteiger partial charge is 0.456 e. The van der Waals surface area contributed by atoms with Gasteiger partial charge in [0.15, 0.2) is 0 Å². The Morgan fingerprint density at radius 2 is 1.02 bits per heavy atom. The molecule has 0 saturated heterocycles. The molecule has 212 valence electrons. The zero-order chi connectivity index (χ0) is 30.3. The Balaban J connectivity index is 0.000000166. The highest BCUT2D eigenvalue weighted by atomic mass is 16.3. The van der Waals surface area contributed by atoms with Crippen molar-refractivity contribution in [3.8, 4) is 23.0 Å². The van der Waals surface area contributed by atoms with E-state index in [0.717, 1.165) is 22.3 Å². The number of fused-ring (bicyclic) bond motifs is 7. The highest BCUT2D eigenvalue weighted by Gasteiger charge is 2.38. The van der Waals surface area contributed by atoms with Crippen molar-refractivity contribution >= 4 is 43.5 Å². The molecule has 1 nitrogen and oxygen atoms in total. The number of furan rings is 1. The van der Waals surface area contributed by atoms with Crippen LogP contribution in [0.5, 0.6) is 0 Å². The molecule has 0 radical (unpaired) electrons. The fourth-order valence-corrected chi connectivity index (χ4v) is 6.76. The standard InChI is InChI=1S/C27H18O.C14H10.C2H6/c1-27(2)19-12-6-5-10-18(19)23-20(27)14-22-26-24-16(11-7-13-21(24)28-22)15-8-3-4-9-17(15)25(23)26;1-3-7-13(8-4-1)11-12-14-9-5-2-6-10-14;1-2/h3-14H,1-2H3;1-10H;1-2H3. The first-order valence-corrected chi connectivity index (χ1v) is 15.5. The number of rotatable bonds is 0. The van der Waals surface area contributed by atoms with Crippen LogP contribution in [0.4, 0.5) is 0 Å². The van der Waals surface area contributed by atoms with E-state index in [-0.39, 0.29) is 5.41 Å². The van der Waals surface area contributed by atoms with Crippen LogP contribution in [0.2, 0.25) is 0 Å². The summed E-state index contributed by atoms with van der Waals surface area (Å²) in [5.41, 5.74) is 9.58. The van der Waals surface area contributed by atoms with E-state index < -0.39 is 0 Å². The van der Waals surface area contributed by atoms with Crippen molar-refractivity contribution in [2.75, 3.05) is 0 Å². The van der Waals surface area contributed by atoms with Crippen LogP contribution in [0.3, 0.4) is 0 Å². The molecule has 1 aromatic heterocycles. The van der Waals surface area contributed by atoms with Crippen molar-refractivity contribution in [1.82, 2.24) is 0 Å². The Kier molecular flexibility index (Phi) is 6.92. The fourth-order valence-electron chi connectivity index (χ4n) is 6.76. The zero-order valence-corrected chi connectivity index (χ0v) is 25.6. The zero-order valence-electron chi connectivity index (χ0n) is 25.6. The van der Waals surface area contributed by atoms with Gasteiger partial charge in [-0.2, -0.15) is 0 Å². The summed E-state index contributed by atoms with van der Waals surface area (Å²) in [5.74, 6) is 6.22. The second-order valence-corrected chi connectivity index (χ2v) is 11.5. The minimum atomic E-state index is -0.0369. The summed E-state index contributed by atoms with van der Waals surface area (Å²) < 4.78 is 6.40. The van der Waals surface area contributed by atoms with Gasteiger partial charge in [-0.25, -0.2) is 0 Å². The molecule has 44 heavy (non-hydrogen) atoms. The molecule has 1 aliphatic rings. The molecule has 0 fully saturated rings. The number of hydrogen-bond donors (Lipinski definition) is 0. The lowest BCUT2D eigenvalue weighted by atomic mass is 9.81. The van der Waals surface area contributed by atoms with E-state index in [1.54, 1.807) is 0 Å². The number of benzene rings is 7. The predicted octanol–water partition coefficient (Wildman–Crippen LogP) is 11.7. The van der Waals surface area contributed by atoms with E-state index >= 15 is 0 Å². The topological polar surface area (TPSA) is 13.1 Å². The lowest BCUT2D eigenvalue weighted by Crippen LogP contribution is -2.14. The average molecular weight is 567 g/mol. The molecule has 1 heteroatoms. The van der Waals surface area contributed by atoms with E-state index in [1.807, 2.05) is 74.5 Å². The molecule has 0 atom stereocenters. The molecule has 7 aromatic carbocycles. The van der Waals surface area contributed by atoms with Crippen LogP contribution in [-0.4, -0.2) is 0 Å². The molecular formula is C43H34O. The minimum Gasteiger partial charge on any atom is -0.456 e. The third kappa shape index (κ3) is 4.34. The van der Waals surface area contributed by atoms with E-state index in [0.29, 0.717) is 0 Å². The van der Waals surface area contributed by atoms with E-state index in [2.05, 4.69) is 98.5 Å². The third-order valence-corrected chi connectivity index (χ3v) is 8.72. The van der Waals surface area contributed by atoms with Gasteiger partial charge in [-0.05, 0) is 74.8 Å². The summed E-state index contributed by atoms with van der Waals surface area (Å²) in [5, 5.41) is 7.78.